The van der Waals surface area contributed by atoms with Crippen LogP contribution in [0.5, 0.6) is 0 Å². The summed E-state index contributed by atoms with van der Waals surface area (Å²) in [7, 11) is 0. The van der Waals surface area contributed by atoms with Gasteiger partial charge >= 0.3 is 0 Å². The fraction of sp³-hybridized carbons (Fsp3) is 0. The van der Waals surface area contributed by atoms with Crippen molar-refractivity contribution in [1.29, 1.82) is 5.26 Å². The van der Waals surface area contributed by atoms with Gasteiger partial charge in [0.05, 0.1) is 35.8 Å². The number of benzene rings is 2. The van der Waals surface area contributed by atoms with Crippen molar-refractivity contribution in [3.63, 3.8) is 0 Å². The second-order valence-corrected chi connectivity index (χ2v) is 7.64. The van der Waals surface area contributed by atoms with Gasteiger partial charge in [0.1, 0.15) is 11.8 Å². The predicted molar refractivity (Wildman–Crippen MR) is 110 cm³/mol. The Hall–Kier alpha value is -1.18. The van der Waals surface area contributed by atoms with Gasteiger partial charge in [-0.25, -0.2) is 4.98 Å². The molecular formula is C18H6Cl6N2. The zero-order chi connectivity index (χ0) is 19.0. The van der Waals surface area contributed by atoms with Gasteiger partial charge < -0.3 is 0 Å². The second kappa shape index (κ2) is 7.82. The van der Waals surface area contributed by atoms with Crippen molar-refractivity contribution in [3.8, 4) is 28.5 Å². The Bertz CT molecular complexity index is 1070. The number of hydrogen-bond acceptors (Lipinski definition) is 2. The quantitative estimate of drug-likeness (QED) is 0.360. The smallest absolute Gasteiger partial charge is 0.149 e. The highest BCUT2D eigenvalue weighted by Crippen LogP contribution is 2.38. The molecule has 1 aromatic heterocycles. The van der Waals surface area contributed by atoms with E-state index in [0.29, 0.717) is 52.5 Å². The Morgan fingerprint density at radius 3 is 1.69 bits per heavy atom. The third-order valence-corrected chi connectivity index (χ3v) is 5.66. The van der Waals surface area contributed by atoms with Gasteiger partial charge in [-0.3, -0.25) is 0 Å². The molecule has 0 aliphatic heterocycles. The van der Waals surface area contributed by atoms with Crippen molar-refractivity contribution < 1.29 is 0 Å². The largest absolute Gasteiger partial charge is 0.236 e. The molecule has 0 bridgehead atoms. The van der Waals surface area contributed by atoms with Crippen LogP contribution >= 0.6 is 69.6 Å². The Balaban J connectivity index is 2.18. The summed E-state index contributed by atoms with van der Waals surface area (Å²) in [4.78, 5) is 4.38. The molecule has 8 heteroatoms. The number of nitrogens with zero attached hydrogens (tertiary/aromatic N) is 2. The zero-order valence-electron chi connectivity index (χ0n) is 12.6. The summed E-state index contributed by atoms with van der Waals surface area (Å²) in [5.74, 6) is 0. The third-order valence-electron chi connectivity index (χ3n) is 3.59. The van der Waals surface area contributed by atoms with E-state index in [1.165, 1.54) is 12.1 Å². The molecular weight excluding hydrogens is 457 g/mol. The minimum absolute atomic E-state index is 0.157. The number of hydrogen-bond donors (Lipinski definition) is 0. The Labute approximate surface area is 179 Å². The predicted octanol–water partition coefficient (Wildman–Crippen LogP) is 8.21. The van der Waals surface area contributed by atoms with Crippen LogP contribution in [0.25, 0.3) is 22.4 Å². The van der Waals surface area contributed by atoms with Crippen molar-refractivity contribution in [1.82, 2.24) is 4.98 Å². The van der Waals surface area contributed by atoms with Crippen LogP contribution in [-0.2, 0) is 0 Å². The highest BCUT2D eigenvalue weighted by Gasteiger charge is 2.16. The van der Waals surface area contributed by atoms with Gasteiger partial charge in [-0.2, -0.15) is 5.26 Å². The van der Waals surface area contributed by atoms with Crippen LogP contribution in [0.2, 0.25) is 30.1 Å². The van der Waals surface area contributed by atoms with Crippen LogP contribution in [0, 0.1) is 11.3 Å². The van der Waals surface area contributed by atoms with E-state index in [4.69, 9.17) is 69.6 Å². The first-order chi connectivity index (χ1) is 12.3. The standard InChI is InChI=1S/C18H6Cl6N2/c19-11-5-15(23)13(21)3-9(11)8-1-2-17(26-18(8)7-25)10-4-14(22)16(24)6-12(10)20/h1-6H. The van der Waals surface area contributed by atoms with Gasteiger partial charge in [0.25, 0.3) is 0 Å². The molecule has 2 nitrogen and oxygen atoms in total. The minimum atomic E-state index is 0.157. The van der Waals surface area contributed by atoms with Crippen LogP contribution in [0.4, 0.5) is 0 Å². The average molecular weight is 463 g/mol. The monoisotopic (exact) mass is 460 g/mol. The Kier molecular flexibility index (Phi) is 5.89. The van der Waals surface area contributed by atoms with Gasteiger partial charge in [-0.1, -0.05) is 69.6 Å². The van der Waals surface area contributed by atoms with Crippen LogP contribution in [-0.4, -0.2) is 4.98 Å². The minimum Gasteiger partial charge on any atom is -0.236 e. The van der Waals surface area contributed by atoms with Crippen molar-refractivity contribution >= 4 is 69.6 Å². The molecule has 2 aromatic carbocycles. The molecule has 26 heavy (non-hydrogen) atoms. The van der Waals surface area contributed by atoms with Gasteiger partial charge in [-0.15, -0.1) is 0 Å². The summed E-state index contributed by atoms with van der Waals surface area (Å²) in [6.45, 7) is 0. The van der Waals surface area contributed by atoms with Gasteiger partial charge in [0.2, 0.25) is 0 Å². The van der Waals surface area contributed by atoms with Crippen LogP contribution in [0.3, 0.4) is 0 Å². The van der Waals surface area contributed by atoms with E-state index in [2.05, 4.69) is 11.1 Å². The number of pyridine rings is 1. The lowest BCUT2D eigenvalue weighted by Gasteiger charge is -2.11. The molecule has 3 rings (SSSR count). The Morgan fingerprint density at radius 1 is 0.615 bits per heavy atom. The normalized spacial score (nSPS) is 10.7. The van der Waals surface area contributed by atoms with Crippen LogP contribution in [0.15, 0.2) is 36.4 Å². The lowest BCUT2D eigenvalue weighted by molar-refractivity contribution is 1.27. The first-order valence-electron chi connectivity index (χ1n) is 7.02. The number of rotatable bonds is 2. The molecule has 0 atom stereocenters. The van der Waals surface area contributed by atoms with E-state index >= 15 is 0 Å². The number of nitriles is 1. The molecule has 0 N–H and O–H groups in total. The van der Waals surface area contributed by atoms with Crippen molar-refractivity contribution in [2.24, 2.45) is 0 Å². The molecule has 1 heterocycles. The lowest BCUT2D eigenvalue weighted by Crippen LogP contribution is -1.94. The summed E-state index contributed by atoms with van der Waals surface area (Å²) >= 11 is 36.5. The first-order valence-corrected chi connectivity index (χ1v) is 9.29. The van der Waals surface area contributed by atoms with Crippen molar-refractivity contribution in [2.45, 2.75) is 0 Å². The summed E-state index contributed by atoms with van der Waals surface area (Å²) in [5, 5.41) is 11.6. The SMILES string of the molecule is N#Cc1nc(-c2cc(Cl)c(Cl)cc2Cl)ccc1-c1cc(Cl)c(Cl)cc1Cl. The van der Waals surface area contributed by atoms with Crippen molar-refractivity contribution in [2.75, 3.05) is 0 Å². The molecule has 0 unspecified atom stereocenters. The molecule has 3 aromatic rings. The Morgan fingerprint density at radius 2 is 1.12 bits per heavy atom. The van der Waals surface area contributed by atoms with E-state index < -0.39 is 0 Å². The van der Waals surface area contributed by atoms with E-state index in [-0.39, 0.29) is 5.69 Å². The summed E-state index contributed by atoms with van der Waals surface area (Å²) < 4.78 is 0. The molecule has 0 saturated carbocycles. The molecule has 130 valence electrons. The number of aromatic nitrogens is 1. The topological polar surface area (TPSA) is 36.7 Å². The first kappa shape index (κ1) is 19.6. The summed E-state index contributed by atoms with van der Waals surface area (Å²) in [6.07, 6.45) is 0. The highest BCUT2D eigenvalue weighted by atomic mass is 35.5. The average Bonchev–Trinajstić information content (AvgIpc) is 2.61. The fourth-order valence-electron chi connectivity index (χ4n) is 2.36. The molecule has 0 aliphatic rings. The van der Waals surface area contributed by atoms with Gasteiger partial charge in [0.15, 0.2) is 0 Å². The molecule has 0 saturated heterocycles. The van der Waals surface area contributed by atoms with Crippen molar-refractivity contribution in [3.05, 3.63) is 72.2 Å². The maximum absolute atomic E-state index is 9.54. The fourth-order valence-corrected chi connectivity index (χ4v) is 3.65. The van der Waals surface area contributed by atoms with E-state index in [1.54, 1.807) is 24.3 Å². The molecule has 0 fully saturated rings. The zero-order valence-corrected chi connectivity index (χ0v) is 17.2. The molecule has 0 aliphatic carbocycles. The molecule has 0 radical (unpaired) electrons. The van der Waals surface area contributed by atoms with Gasteiger partial charge in [0, 0.05) is 16.7 Å². The van der Waals surface area contributed by atoms with E-state index in [9.17, 15) is 5.26 Å². The van der Waals surface area contributed by atoms with E-state index in [1.807, 2.05) is 0 Å². The third kappa shape index (κ3) is 3.75. The van der Waals surface area contributed by atoms with E-state index in [0.717, 1.165) is 0 Å². The van der Waals surface area contributed by atoms with Gasteiger partial charge in [-0.05, 0) is 36.4 Å². The maximum atomic E-state index is 9.54. The van der Waals surface area contributed by atoms with Crippen LogP contribution in [0.1, 0.15) is 5.69 Å². The summed E-state index contributed by atoms with van der Waals surface area (Å²) in [5.41, 5.74) is 2.27. The maximum Gasteiger partial charge on any atom is 0.149 e. The summed E-state index contributed by atoms with van der Waals surface area (Å²) in [6, 6.07) is 11.7. The lowest BCUT2D eigenvalue weighted by atomic mass is 10.0. The highest BCUT2D eigenvalue weighted by molar-refractivity contribution is 6.44. The molecule has 0 amide bonds. The second-order valence-electron chi connectivity index (χ2n) is 5.20. The van der Waals surface area contributed by atoms with Crippen LogP contribution < -0.4 is 0 Å². The molecule has 0 spiro atoms. The number of halogens is 6.